The molecule has 5 heteroatoms. The molecule has 0 heterocycles. The Hall–Kier alpha value is -0.466. The van der Waals surface area contributed by atoms with Crippen LogP contribution in [0.15, 0.2) is 34.9 Å². The van der Waals surface area contributed by atoms with Gasteiger partial charge in [0.25, 0.3) is 0 Å². The molecule has 0 aromatic heterocycles. The molecule has 3 aliphatic carbocycles. The fraction of sp³-hybridized carbons (Fsp3) is 0.833. The molecular weight excluding hydrogens is 537 g/mol. The van der Waals surface area contributed by atoms with Crippen molar-refractivity contribution in [1.29, 1.82) is 0 Å². The van der Waals surface area contributed by atoms with Gasteiger partial charge in [0.1, 0.15) is 0 Å². The average molecular weight is 603 g/mol. The maximum Gasteiger partial charge on any atom is 0.192 e. The minimum Gasteiger partial charge on any atom is -0.413 e. The zero-order valence-electron chi connectivity index (χ0n) is 28.9. The van der Waals surface area contributed by atoms with E-state index in [2.05, 4.69) is 93.3 Å². The van der Waals surface area contributed by atoms with Crippen molar-refractivity contribution in [3.8, 4) is 0 Å². The zero-order valence-corrected chi connectivity index (χ0v) is 30.9. The van der Waals surface area contributed by atoms with Crippen LogP contribution in [0.4, 0.5) is 0 Å². The standard InChI is InChI=1S/C36H66O3Si2/c1-12-41(13-2,14-3)38-31-25-30(28(5)34(37)26-31)20-19-29-18-16-24-36(8)32(21-22-33(29)36)27(4)17-15-23-35(6,7)39-40(9,10)11/h18-20,27,31-34,37H,12-17,21-26H2,1-11H3/b20-19-/t27-,31-,32-,33+,34+,36-/m1/s1. The number of rotatable bonds is 14. The van der Waals surface area contributed by atoms with Crippen LogP contribution in [0.2, 0.25) is 37.8 Å². The molecule has 0 spiro atoms. The Labute approximate surface area is 256 Å². The van der Waals surface area contributed by atoms with Gasteiger partial charge in [0.05, 0.1) is 17.8 Å². The van der Waals surface area contributed by atoms with E-state index in [1.165, 1.54) is 44.1 Å². The quantitative estimate of drug-likeness (QED) is 0.201. The fourth-order valence-electron chi connectivity index (χ4n) is 8.88. The second-order valence-corrected chi connectivity index (χ2v) is 25.0. The molecule has 0 aromatic carbocycles. The van der Waals surface area contributed by atoms with Crippen LogP contribution in [0.5, 0.6) is 0 Å². The third-order valence-corrected chi connectivity index (χ3v) is 17.2. The van der Waals surface area contributed by atoms with Gasteiger partial charge in [-0.3, -0.25) is 0 Å². The number of allylic oxidation sites excluding steroid dienone is 4. The molecule has 6 atom stereocenters. The molecule has 1 N–H and O–H groups in total. The zero-order chi connectivity index (χ0) is 30.6. The molecule has 3 rings (SSSR count). The summed E-state index contributed by atoms with van der Waals surface area (Å²) in [7, 11) is -3.22. The van der Waals surface area contributed by atoms with E-state index in [1.54, 1.807) is 5.57 Å². The molecule has 236 valence electrons. The summed E-state index contributed by atoms with van der Waals surface area (Å²) in [5.41, 5.74) is 4.40. The molecule has 3 nitrogen and oxygen atoms in total. The highest BCUT2D eigenvalue weighted by molar-refractivity contribution is 6.73. The third-order valence-electron chi connectivity index (χ3n) is 11.3. The maximum atomic E-state index is 11.0. The minimum atomic E-state index is -1.69. The van der Waals surface area contributed by atoms with Crippen LogP contribution in [0, 0.1) is 23.2 Å². The molecule has 41 heavy (non-hydrogen) atoms. The Kier molecular flexibility index (Phi) is 12.0. The van der Waals surface area contributed by atoms with Crippen LogP contribution in [-0.4, -0.2) is 39.6 Å². The second-order valence-electron chi connectivity index (χ2n) is 15.8. The summed E-state index contributed by atoms with van der Waals surface area (Å²) in [5.74, 6) is 2.22. The van der Waals surface area contributed by atoms with Gasteiger partial charge in [0.2, 0.25) is 0 Å². The van der Waals surface area contributed by atoms with E-state index in [1.807, 2.05) is 0 Å². The summed E-state index contributed by atoms with van der Waals surface area (Å²) >= 11 is 0. The third kappa shape index (κ3) is 8.80. The summed E-state index contributed by atoms with van der Waals surface area (Å²) in [6.07, 6.45) is 17.7. The van der Waals surface area contributed by atoms with Gasteiger partial charge in [-0.2, -0.15) is 0 Å². The van der Waals surface area contributed by atoms with Crippen molar-refractivity contribution < 1.29 is 14.0 Å². The van der Waals surface area contributed by atoms with E-state index in [0.29, 0.717) is 11.3 Å². The van der Waals surface area contributed by atoms with Crippen molar-refractivity contribution in [3.05, 3.63) is 34.9 Å². The van der Waals surface area contributed by atoms with Gasteiger partial charge in [-0.1, -0.05) is 65.7 Å². The Morgan fingerprint density at radius 1 is 1.10 bits per heavy atom. The van der Waals surface area contributed by atoms with Crippen LogP contribution in [0.25, 0.3) is 0 Å². The lowest BCUT2D eigenvalue weighted by atomic mass is 9.62. The molecule has 0 unspecified atom stereocenters. The number of hydrogen-bond donors (Lipinski definition) is 1. The molecule has 0 aromatic rings. The maximum absolute atomic E-state index is 11.0. The molecule has 0 bridgehead atoms. The first-order chi connectivity index (χ1) is 19.1. The predicted octanol–water partition coefficient (Wildman–Crippen LogP) is 10.6. The first-order valence-corrected chi connectivity index (χ1v) is 23.2. The van der Waals surface area contributed by atoms with Crippen molar-refractivity contribution in [1.82, 2.24) is 0 Å². The smallest absolute Gasteiger partial charge is 0.192 e. The Morgan fingerprint density at radius 2 is 1.76 bits per heavy atom. The lowest BCUT2D eigenvalue weighted by Gasteiger charge is -2.43. The van der Waals surface area contributed by atoms with E-state index in [-0.39, 0.29) is 17.8 Å². The lowest BCUT2D eigenvalue weighted by molar-refractivity contribution is 0.0774. The van der Waals surface area contributed by atoms with Crippen molar-refractivity contribution in [2.45, 2.75) is 169 Å². The van der Waals surface area contributed by atoms with E-state index in [9.17, 15) is 5.11 Å². The number of hydrogen-bond acceptors (Lipinski definition) is 3. The summed E-state index contributed by atoms with van der Waals surface area (Å²) in [6.45, 7) is 25.7. The highest BCUT2D eigenvalue weighted by Crippen LogP contribution is 2.59. The summed E-state index contributed by atoms with van der Waals surface area (Å²) in [4.78, 5) is 0. The van der Waals surface area contributed by atoms with Gasteiger partial charge >= 0.3 is 0 Å². The van der Waals surface area contributed by atoms with Gasteiger partial charge < -0.3 is 14.0 Å². The molecule has 0 aliphatic heterocycles. The van der Waals surface area contributed by atoms with Crippen LogP contribution >= 0.6 is 0 Å². The van der Waals surface area contributed by atoms with Crippen LogP contribution in [-0.2, 0) is 8.85 Å². The van der Waals surface area contributed by atoms with E-state index < -0.39 is 16.6 Å². The molecule has 3 aliphatic rings. The molecule has 0 saturated heterocycles. The summed E-state index contributed by atoms with van der Waals surface area (Å²) in [5, 5.41) is 11.0. The van der Waals surface area contributed by atoms with Crippen molar-refractivity contribution in [3.63, 3.8) is 0 Å². The van der Waals surface area contributed by atoms with Crippen molar-refractivity contribution in [2.24, 2.45) is 23.2 Å². The van der Waals surface area contributed by atoms with Gasteiger partial charge in [0.15, 0.2) is 16.6 Å². The van der Waals surface area contributed by atoms with Crippen molar-refractivity contribution >= 4 is 16.6 Å². The predicted molar refractivity (Wildman–Crippen MR) is 182 cm³/mol. The van der Waals surface area contributed by atoms with Gasteiger partial charge in [-0.15, -0.1) is 0 Å². The van der Waals surface area contributed by atoms with Gasteiger partial charge in [-0.25, -0.2) is 0 Å². The first kappa shape index (κ1) is 35.0. The number of aliphatic hydroxyl groups is 1. The van der Waals surface area contributed by atoms with E-state index in [0.717, 1.165) is 54.8 Å². The number of aliphatic hydroxyl groups excluding tert-OH is 1. The SMILES string of the molecule is CC[Si](CC)(CC)O[C@@H]1CC(/C=C\C2=CCC[C@]3(C)[C@@H]([C@H](C)CCCC(C)(C)O[Si](C)(C)C)CC[C@@H]23)=C(C)[C@@H](O)C1. The normalized spacial score (nSPS) is 30.6. The Morgan fingerprint density at radius 3 is 2.37 bits per heavy atom. The molecule has 0 amide bonds. The highest BCUT2D eigenvalue weighted by atomic mass is 28.4. The van der Waals surface area contributed by atoms with Crippen molar-refractivity contribution in [2.75, 3.05) is 0 Å². The molecule has 1 fully saturated rings. The fourth-order valence-corrected chi connectivity index (χ4v) is 13.5. The lowest BCUT2D eigenvalue weighted by Crippen LogP contribution is -2.42. The first-order valence-electron chi connectivity index (χ1n) is 17.2. The minimum absolute atomic E-state index is 0.00525. The monoisotopic (exact) mass is 602 g/mol. The number of fused-ring (bicyclic) bond motifs is 1. The topological polar surface area (TPSA) is 38.7 Å². The highest BCUT2D eigenvalue weighted by Gasteiger charge is 2.49. The molecular formula is C36H66O3Si2. The van der Waals surface area contributed by atoms with E-state index in [4.69, 9.17) is 8.85 Å². The van der Waals surface area contributed by atoms with Gasteiger partial charge in [-0.05, 0) is 137 Å². The second kappa shape index (κ2) is 14.1. The summed E-state index contributed by atoms with van der Waals surface area (Å²) in [6, 6.07) is 3.49. The largest absolute Gasteiger partial charge is 0.413 e. The molecule has 0 radical (unpaired) electrons. The van der Waals surface area contributed by atoms with Crippen LogP contribution in [0.1, 0.15) is 113 Å². The van der Waals surface area contributed by atoms with E-state index >= 15 is 0 Å². The van der Waals surface area contributed by atoms with Crippen LogP contribution < -0.4 is 0 Å². The van der Waals surface area contributed by atoms with Crippen LogP contribution in [0.3, 0.4) is 0 Å². The Bertz CT molecular complexity index is 946. The average Bonchev–Trinajstić information content (AvgIpc) is 3.24. The molecule has 1 saturated carbocycles. The van der Waals surface area contributed by atoms with Gasteiger partial charge in [0, 0.05) is 6.42 Å². The Balaban J connectivity index is 1.65. The summed E-state index contributed by atoms with van der Waals surface area (Å²) < 4.78 is 13.3.